The molecule has 5 heteroatoms. The lowest BCUT2D eigenvalue weighted by atomic mass is 10.1. The van der Waals surface area contributed by atoms with E-state index in [4.69, 9.17) is 5.73 Å². The van der Waals surface area contributed by atoms with Crippen LogP contribution in [0, 0.1) is 13.8 Å². The van der Waals surface area contributed by atoms with E-state index < -0.39 is 0 Å². The molecular weight excluding hydrogens is 306 g/mol. The zero-order valence-electron chi connectivity index (χ0n) is 13.5. The zero-order chi connectivity index (χ0) is 16.6. The van der Waals surface area contributed by atoms with E-state index in [1.807, 2.05) is 57.2 Å². The fourth-order valence-electron chi connectivity index (χ4n) is 2.80. The Labute approximate surface area is 139 Å². The number of aromatic nitrogens is 1. The molecule has 0 radical (unpaired) electrons. The Kier molecular flexibility index (Phi) is 4.05. The number of benzene rings is 1. The first-order valence-corrected chi connectivity index (χ1v) is 8.37. The molecular formula is C18H19N3OS. The second-order valence-electron chi connectivity index (χ2n) is 5.49. The number of amides is 1. The number of carbonyl (C=O) groups excluding carboxylic acids is 1. The van der Waals surface area contributed by atoms with Gasteiger partial charge in [0.25, 0.3) is 5.91 Å². The number of nitrogen functional groups attached to an aromatic ring is 1. The van der Waals surface area contributed by atoms with E-state index in [0.717, 1.165) is 27.2 Å². The topological polar surface area (TPSA) is 59.2 Å². The monoisotopic (exact) mass is 325 g/mol. The summed E-state index contributed by atoms with van der Waals surface area (Å²) in [6, 6.07) is 11.6. The molecule has 0 aliphatic carbocycles. The van der Waals surface area contributed by atoms with Gasteiger partial charge >= 0.3 is 0 Å². The summed E-state index contributed by atoms with van der Waals surface area (Å²) >= 11 is 1.37. The predicted molar refractivity (Wildman–Crippen MR) is 97.3 cm³/mol. The maximum atomic E-state index is 13.0. The van der Waals surface area contributed by atoms with Gasteiger partial charge in [-0.25, -0.2) is 4.98 Å². The number of hydrogen-bond acceptors (Lipinski definition) is 4. The number of anilines is 2. The van der Waals surface area contributed by atoms with Crippen molar-refractivity contribution in [2.45, 2.75) is 20.8 Å². The van der Waals surface area contributed by atoms with Gasteiger partial charge in [0.15, 0.2) is 0 Å². The molecule has 2 aromatic heterocycles. The summed E-state index contributed by atoms with van der Waals surface area (Å²) < 4.78 is 0. The molecule has 0 aliphatic rings. The van der Waals surface area contributed by atoms with Crippen molar-refractivity contribution in [3.05, 3.63) is 52.5 Å². The van der Waals surface area contributed by atoms with Gasteiger partial charge in [0.05, 0.1) is 5.69 Å². The third-order valence-corrected chi connectivity index (χ3v) is 4.94. The Morgan fingerprint density at radius 2 is 1.96 bits per heavy atom. The molecule has 0 fully saturated rings. The quantitative estimate of drug-likeness (QED) is 0.786. The molecule has 0 spiro atoms. The predicted octanol–water partition coefficient (Wildman–Crippen LogP) is 4.16. The smallest absolute Gasteiger partial charge is 0.270 e. The number of fused-ring (bicyclic) bond motifs is 1. The lowest BCUT2D eigenvalue weighted by Crippen LogP contribution is -2.30. The first-order chi connectivity index (χ1) is 11.0. The Hall–Kier alpha value is -2.40. The van der Waals surface area contributed by atoms with Crippen LogP contribution in [0.15, 0.2) is 36.4 Å². The highest BCUT2D eigenvalue weighted by molar-refractivity contribution is 7.21. The number of aryl methyl sites for hydroxylation is 2. The second kappa shape index (κ2) is 6.01. The van der Waals surface area contributed by atoms with Crippen molar-refractivity contribution in [1.29, 1.82) is 0 Å². The molecule has 2 N–H and O–H groups in total. The molecule has 2 heterocycles. The minimum absolute atomic E-state index is 0.0729. The summed E-state index contributed by atoms with van der Waals surface area (Å²) in [5.41, 5.74) is 9.69. The first-order valence-electron chi connectivity index (χ1n) is 7.56. The largest absolute Gasteiger partial charge is 0.397 e. The summed E-state index contributed by atoms with van der Waals surface area (Å²) in [6.07, 6.45) is 0. The van der Waals surface area contributed by atoms with Crippen molar-refractivity contribution in [3.8, 4) is 0 Å². The number of nitrogens with two attached hydrogens (primary N) is 1. The van der Waals surface area contributed by atoms with Crippen LogP contribution in [0.5, 0.6) is 0 Å². The third-order valence-electron chi connectivity index (χ3n) is 3.85. The van der Waals surface area contributed by atoms with Gasteiger partial charge in [-0.05, 0) is 44.5 Å². The normalized spacial score (nSPS) is 10.9. The van der Waals surface area contributed by atoms with Crippen LogP contribution in [0.1, 0.15) is 27.9 Å². The lowest BCUT2D eigenvalue weighted by molar-refractivity contribution is 0.0993. The van der Waals surface area contributed by atoms with Gasteiger partial charge in [-0.1, -0.05) is 18.2 Å². The number of rotatable bonds is 3. The Bertz CT molecular complexity index is 871. The summed E-state index contributed by atoms with van der Waals surface area (Å²) in [4.78, 5) is 20.6. The highest BCUT2D eigenvalue weighted by atomic mass is 32.1. The van der Waals surface area contributed by atoms with Crippen molar-refractivity contribution in [1.82, 2.24) is 4.98 Å². The van der Waals surface area contributed by atoms with E-state index in [-0.39, 0.29) is 5.91 Å². The van der Waals surface area contributed by atoms with Crippen LogP contribution < -0.4 is 10.6 Å². The van der Waals surface area contributed by atoms with Crippen molar-refractivity contribution in [2.24, 2.45) is 0 Å². The van der Waals surface area contributed by atoms with E-state index in [1.54, 1.807) is 4.90 Å². The molecule has 3 rings (SSSR count). The summed E-state index contributed by atoms with van der Waals surface area (Å²) in [7, 11) is 0. The van der Waals surface area contributed by atoms with Crippen LogP contribution in [-0.2, 0) is 0 Å². The van der Waals surface area contributed by atoms with Crippen LogP contribution in [0.25, 0.3) is 10.2 Å². The van der Waals surface area contributed by atoms with Crippen molar-refractivity contribution in [3.63, 3.8) is 0 Å². The van der Waals surface area contributed by atoms with E-state index in [0.29, 0.717) is 17.1 Å². The maximum absolute atomic E-state index is 13.0. The molecule has 0 saturated heterocycles. The molecule has 23 heavy (non-hydrogen) atoms. The van der Waals surface area contributed by atoms with Gasteiger partial charge in [0.2, 0.25) is 0 Å². The van der Waals surface area contributed by atoms with Gasteiger partial charge in [0, 0.05) is 23.3 Å². The molecule has 0 atom stereocenters. The molecule has 3 aromatic rings. The van der Waals surface area contributed by atoms with E-state index in [2.05, 4.69) is 4.98 Å². The molecule has 0 unspecified atom stereocenters. The van der Waals surface area contributed by atoms with Crippen LogP contribution in [0.2, 0.25) is 0 Å². The Morgan fingerprint density at radius 1 is 1.26 bits per heavy atom. The summed E-state index contributed by atoms with van der Waals surface area (Å²) in [6.45, 7) is 6.50. The van der Waals surface area contributed by atoms with E-state index in [9.17, 15) is 4.79 Å². The minimum Gasteiger partial charge on any atom is -0.397 e. The molecule has 118 valence electrons. The standard InChI is InChI=1S/C18H19N3OS/c1-4-21(13-8-6-5-7-9-13)18(22)16-15(19)14-11(2)10-12(3)20-17(14)23-16/h5-10H,4,19H2,1-3H3. The van der Waals surface area contributed by atoms with Gasteiger partial charge in [-0.2, -0.15) is 0 Å². The fourth-order valence-corrected chi connectivity index (χ4v) is 3.97. The van der Waals surface area contributed by atoms with E-state index in [1.165, 1.54) is 11.3 Å². The lowest BCUT2D eigenvalue weighted by Gasteiger charge is -2.20. The maximum Gasteiger partial charge on any atom is 0.270 e. The van der Waals surface area contributed by atoms with Gasteiger partial charge in [0.1, 0.15) is 9.71 Å². The van der Waals surface area contributed by atoms with Crippen molar-refractivity contribution in [2.75, 3.05) is 17.2 Å². The number of thiophene rings is 1. The zero-order valence-corrected chi connectivity index (χ0v) is 14.3. The number of nitrogens with zero attached hydrogens (tertiary/aromatic N) is 2. The second-order valence-corrected chi connectivity index (χ2v) is 6.49. The highest BCUT2D eigenvalue weighted by Gasteiger charge is 2.23. The first kappa shape index (κ1) is 15.5. The molecule has 1 amide bonds. The number of hydrogen-bond donors (Lipinski definition) is 1. The van der Waals surface area contributed by atoms with Crippen LogP contribution in [0.3, 0.4) is 0 Å². The van der Waals surface area contributed by atoms with Crippen LogP contribution in [-0.4, -0.2) is 17.4 Å². The average molecular weight is 325 g/mol. The van der Waals surface area contributed by atoms with Gasteiger partial charge < -0.3 is 10.6 Å². The molecule has 0 bridgehead atoms. The van der Waals surface area contributed by atoms with Crippen molar-refractivity contribution >= 4 is 38.8 Å². The van der Waals surface area contributed by atoms with Gasteiger partial charge in [-0.15, -0.1) is 11.3 Å². The van der Waals surface area contributed by atoms with E-state index >= 15 is 0 Å². The summed E-state index contributed by atoms with van der Waals surface area (Å²) in [5.74, 6) is -0.0729. The van der Waals surface area contributed by atoms with Crippen LogP contribution >= 0.6 is 11.3 Å². The summed E-state index contributed by atoms with van der Waals surface area (Å²) in [5, 5.41) is 0.896. The Morgan fingerprint density at radius 3 is 2.61 bits per heavy atom. The fraction of sp³-hybridized carbons (Fsp3) is 0.222. The highest BCUT2D eigenvalue weighted by Crippen LogP contribution is 2.36. The number of pyridine rings is 1. The average Bonchev–Trinajstić information content (AvgIpc) is 2.86. The number of para-hydroxylation sites is 1. The molecule has 1 aromatic carbocycles. The van der Waals surface area contributed by atoms with Crippen molar-refractivity contribution < 1.29 is 4.79 Å². The SMILES string of the molecule is CCN(C(=O)c1sc2nc(C)cc(C)c2c1N)c1ccccc1. The third kappa shape index (κ3) is 2.68. The minimum atomic E-state index is -0.0729. The number of carbonyl (C=O) groups is 1. The molecule has 0 saturated carbocycles. The molecule has 0 aliphatic heterocycles. The Balaban J connectivity index is 2.10. The van der Waals surface area contributed by atoms with Crippen LogP contribution in [0.4, 0.5) is 11.4 Å². The van der Waals surface area contributed by atoms with Gasteiger partial charge in [-0.3, -0.25) is 4.79 Å². The molecule has 4 nitrogen and oxygen atoms in total.